The largest absolute Gasteiger partial charge is 0.448 e. The average Bonchev–Trinajstić information content (AvgIpc) is 3.12. The molecule has 0 aromatic heterocycles. The Morgan fingerprint density at radius 3 is 1.94 bits per heavy atom. The third-order valence-electron chi connectivity index (χ3n) is 5.62. The van der Waals surface area contributed by atoms with Crippen LogP contribution in [0.2, 0.25) is 0 Å². The van der Waals surface area contributed by atoms with Crippen molar-refractivity contribution in [3.63, 3.8) is 0 Å². The second-order valence-corrected chi connectivity index (χ2v) is 9.96. The number of hydrogen-bond acceptors (Lipinski definition) is 5. The molecule has 2 aromatic rings. The predicted molar refractivity (Wildman–Crippen MR) is 142 cm³/mol. The minimum Gasteiger partial charge on any atom is -0.448 e. The van der Waals surface area contributed by atoms with Crippen molar-refractivity contribution >= 4 is 29.5 Å². The summed E-state index contributed by atoms with van der Waals surface area (Å²) in [6.07, 6.45) is 2.79. The lowest BCUT2D eigenvalue weighted by Gasteiger charge is -2.19. The van der Waals surface area contributed by atoms with Gasteiger partial charge >= 0.3 is 12.2 Å². The van der Waals surface area contributed by atoms with Crippen LogP contribution in [-0.2, 0) is 9.47 Å². The molecule has 0 spiro atoms. The van der Waals surface area contributed by atoms with Gasteiger partial charge in [0, 0.05) is 19.0 Å². The first-order valence-corrected chi connectivity index (χ1v) is 12.5. The fourth-order valence-corrected chi connectivity index (χ4v) is 4.27. The van der Waals surface area contributed by atoms with Crippen LogP contribution in [-0.4, -0.2) is 42.6 Å². The number of nitrogens with one attached hydrogen (secondary N) is 3. The number of carbonyl (C=O) groups is 2. The Labute approximate surface area is 213 Å². The Balaban J connectivity index is 1.28. The van der Waals surface area contributed by atoms with Crippen LogP contribution >= 0.6 is 12.2 Å². The molecule has 0 radical (unpaired) electrons. The Morgan fingerprint density at radius 2 is 1.37 bits per heavy atom. The van der Waals surface area contributed by atoms with Crippen molar-refractivity contribution in [3.8, 4) is 11.1 Å². The lowest BCUT2D eigenvalue weighted by atomic mass is 9.98. The molecule has 2 aromatic carbocycles. The first kappa shape index (κ1) is 26.5. The van der Waals surface area contributed by atoms with E-state index in [1.807, 2.05) is 45.0 Å². The maximum absolute atomic E-state index is 12.3. The van der Waals surface area contributed by atoms with Crippen LogP contribution in [0.3, 0.4) is 0 Å². The molecule has 35 heavy (non-hydrogen) atoms. The molecule has 1 aliphatic carbocycles. The Hall–Kier alpha value is -3.13. The number of benzene rings is 2. The van der Waals surface area contributed by atoms with E-state index in [1.54, 1.807) is 0 Å². The first-order chi connectivity index (χ1) is 16.7. The highest BCUT2D eigenvalue weighted by molar-refractivity contribution is 7.80. The van der Waals surface area contributed by atoms with Crippen LogP contribution < -0.4 is 16.0 Å². The molecule has 0 heterocycles. The van der Waals surface area contributed by atoms with E-state index >= 15 is 0 Å². The molecule has 0 bridgehead atoms. The number of thiocarbonyl (C=S) groups is 1. The van der Waals surface area contributed by atoms with E-state index in [1.165, 1.54) is 22.3 Å². The van der Waals surface area contributed by atoms with E-state index < -0.39 is 11.7 Å². The quantitative estimate of drug-likeness (QED) is 0.314. The molecule has 0 saturated carbocycles. The molecule has 188 valence electrons. The zero-order chi connectivity index (χ0) is 25.3. The van der Waals surface area contributed by atoms with Gasteiger partial charge in [-0.2, -0.15) is 0 Å². The van der Waals surface area contributed by atoms with Crippen LogP contribution in [0.1, 0.15) is 63.5 Å². The molecule has 8 heteroatoms. The highest BCUT2D eigenvalue weighted by Gasteiger charge is 2.29. The zero-order valence-electron chi connectivity index (χ0n) is 20.7. The van der Waals surface area contributed by atoms with Gasteiger partial charge in [-0.3, -0.25) is 5.32 Å². The molecule has 1 aliphatic rings. The molecule has 0 saturated heterocycles. The highest BCUT2D eigenvalue weighted by Crippen LogP contribution is 2.44. The van der Waals surface area contributed by atoms with E-state index in [9.17, 15) is 9.59 Å². The summed E-state index contributed by atoms with van der Waals surface area (Å²) in [5, 5.41) is 8.64. The molecular formula is C27H35N3O4S. The van der Waals surface area contributed by atoms with Gasteiger partial charge in [-0.1, -0.05) is 61.4 Å². The average molecular weight is 498 g/mol. The minimum absolute atomic E-state index is 0.0134. The van der Waals surface area contributed by atoms with Gasteiger partial charge in [0.15, 0.2) is 5.11 Å². The maximum atomic E-state index is 12.3. The van der Waals surface area contributed by atoms with Crippen molar-refractivity contribution in [1.82, 2.24) is 16.0 Å². The van der Waals surface area contributed by atoms with E-state index in [4.69, 9.17) is 21.7 Å². The van der Waals surface area contributed by atoms with Crippen molar-refractivity contribution in [1.29, 1.82) is 0 Å². The second kappa shape index (κ2) is 12.5. The minimum atomic E-state index is -0.558. The summed E-state index contributed by atoms with van der Waals surface area (Å²) in [5.74, 6) is 0.0134. The summed E-state index contributed by atoms with van der Waals surface area (Å²) < 4.78 is 10.7. The second-order valence-electron chi connectivity index (χ2n) is 9.55. The molecule has 7 nitrogen and oxygen atoms in total. The number of carbonyl (C=O) groups excluding carboxylic acids is 2. The SMILES string of the molecule is CC(C)(C)OC(=O)NCCCCCCNC(=S)NC(=O)OCC1c2ccccc2-c2ccccc21. The molecule has 0 atom stereocenters. The summed E-state index contributed by atoms with van der Waals surface area (Å²) in [4.78, 5) is 23.9. The van der Waals surface area contributed by atoms with Crippen molar-refractivity contribution in [2.75, 3.05) is 19.7 Å². The number of unbranched alkanes of at least 4 members (excludes halogenated alkanes) is 3. The Bertz CT molecular complexity index is 990. The summed E-state index contributed by atoms with van der Waals surface area (Å²) in [5.41, 5.74) is 4.24. The third kappa shape index (κ3) is 8.24. The van der Waals surface area contributed by atoms with E-state index in [0.29, 0.717) is 13.1 Å². The van der Waals surface area contributed by atoms with Crippen LogP contribution in [0.4, 0.5) is 9.59 Å². The Kier molecular flexibility index (Phi) is 9.48. The number of fused-ring (bicyclic) bond motifs is 3. The molecule has 3 rings (SSSR count). The van der Waals surface area contributed by atoms with Gasteiger partial charge in [0.25, 0.3) is 0 Å². The van der Waals surface area contributed by atoms with Gasteiger partial charge in [-0.05, 0) is 68.1 Å². The van der Waals surface area contributed by atoms with Crippen molar-refractivity contribution in [2.24, 2.45) is 0 Å². The summed E-state index contributed by atoms with van der Waals surface area (Å²) in [6.45, 7) is 7.01. The Morgan fingerprint density at radius 1 is 0.829 bits per heavy atom. The van der Waals surface area contributed by atoms with Gasteiger partial charge in [0.2, 0.25) is 0 Å². The van der Waals surface area contributed by atoms with Crippen molar-refractivity contribution in [3.05, 3.63) is 59.7 Å². The van der Waals surface area contributed by atoms with E-state index in [0.717, 1.165) is 25.7 Å². The normalized spacial score (nSPS) is 12.3. The molecular weight excluding hydrogens is 462 g/mol. The van der Waals surface area contributed by atoms with Crippen molar-refractivity contribution < 1.29 is 19.1 Å². The van der Waals surface area contributed by atoms with Crippen LogP contribution in [0.15, 0.2) is 48.5 Å². The van der Waals surface area contributed by atoms with Gasteiger partial charge in [-0.15, -0.1) is 0 Å². The zero-order valence-corrected chi connectivity index (χ0v) is 21.5. The number of rotatable bonds is 9. The van der Waals surface area contributed by atoms with Crippen LogP contribution in [0.5, 0.6) is 0 Å². The van der Waals surface area contributed by atoms with E-state index in [-0.39, 0.29) is 23.7 Å². The highest BCUT2D eigenvalue weighted by atomic mass is 32.1. The molecule has 0 unspecified atom stereocenters. The first-order valence-electron chi connectivity index (χ1n) is 12.1. The number of alkyl carbamates (subject to hydrolysis) is 2. The molecule has 0 fully saturated rings. The predicted octanol–water partition coefficient (Wildman–Crippen LogP) is 5.48. The lowest BCUT2D eigenvalue weighted by Crippen LogP contribution is -2.40. The fraction of sp³-hybridized carbons (Fsp3) is 0.444. The smallest absolute Gasteiger partial charge is 0.413 e. The monoisotopic (exact) mass is 497 g/mol. The van der Waals surface area contributed by atoms with Gasteiger partial charge in [-0.25, -0.2) is 9.59 Å². The standard InChI is InChI=1S/C27H35N3O4S/c1-27(2,3)34-25(31)29-17-11-5-4-10-16-28-24(35)30-26(32)33-18-23-21-14-8-6-12-19(21)20-13-7-9-15-22(20)23/h6-9,12-15,23H,4-5,10-11,16-18H2,1-3H3,(H,29,31)(H2,28,30,32,35). The van der Waals surface area contributed by atoms with Gasteiger partial charge < -0.3 is 20.1 Å². The third-order valence-corrected chi connectivity index (χ3v) is 5.86. The van der Waals surface area contributed by atoms with Crippen LogP contribution in [0, 0.1) is 0 Å². The van der Waals surface area contributed by atoms with E-state index in [2.05, 4.69) is 40.2 Å². The van der Waals surface area contributed by atoms with Gasteiger partial charge in [0.05, 0.1) is 0 Å². The molecule has 3 N–H and O–H groups in total. The van der Waals surface area contributed by atoms with Crippen molar-refractivity contribution in [2.45, 2.75) is 58.0 Å². The fourth-order valence-electron chi connectivity index (χ4n) is 4.08. The summed E-state index contributed by atoms with van der Waals surface area (Å²) >= 11 is 5.21. The van der Waals surface area contributed by atoms with Crippen LogP contribution in [0.25, 0.3) is 11.1 Å². The summed E-state index contributed by atoms with van der Waals surface area (Å²) in [6, 6.07) is 16.4. The van der Waals surface area contributed by atoms with Gasteiger partial charge in [0.1, 0.15) is 12.2 Å². The number of hydrogen-bond donors (Lipinski definition) is 3. The summed E-state index contributed by atoms with van der Waals surface area (Å²) in [7, 11) is 0. The molecule has 0 aliphatic heterocycles. The number of amides is 2. The lowest BCUT2D eigenvalue weighted by molar-refractivity contribution is 0.0527. The topological polar surface area (TPSA) is 88.7 Å². The maximum Gasteiger partial charge on any atom is 0.413 e. The molecule has 2 amide bonds. The number of ether oxygens (including phenoxy) is 2.